The van der Waals surface area contributed by atoms with Crippen LogP contribution < -0.4 is 9.47 Å². The molecular formula is C24H33BF2O6. The van der Waals surface area contributed by atoms with E-state index in [-0.39, 0.29) is 34.9 Å². The number of carbonyl (C=O) groups excluding carboxylic acids is 1. The van der Waals surface area contributed by atoms with Crippen LogP contribution in [0.4, 0.5) is 8.78 Å². The van der Waals surface area contributed by atoms with Gasteiger partial charge >= 0.3 is 13.1 Å². The van der Waals surface area contributed by atoms with Crippen LogP contribution >= 0.6 is 0 Å². The molecule has 1 unspecified atom stereocenters. The van der Waals surface area contributed by atoms with Gasteiger partial charge in [-0.3, -0.25) is 0 Å². The molecule has 3 saturated carbocycles. The normalized spacial score (nSPS) is 29.9. The minimum atomic E-state index is -1.35. The third-order valence-electron chi connectivity index (χ3n) is 7.77. The number of esters is 1. The van der Waals surface area contributed by atoms with E-state index in [2.05, 4.69) is 20.8 Å². The maximum Gasteiger partial charge on any atom is 0.462 e. The molecule has 3 aliphatic carbocycles. The van der Waals surface area contributed by atoms with Gasteiger partial charge in [0.15, 0.2) is 23.1 Å². The summed E-state index contributed by atoms with van der Waals surface area (Å²) < 4.78 is 59.0. The predicted octanol–water partition coefficient (Wildman–Crippen LogP) is 4.75. The van der Waals surface area contributed by atoms with Crippen molar-refractivity contribution in [3.05, 3.63) is 22.8 Å². The topological polar surface area (TPSA) is 63.2 Å². The lowest BCUT2D eigenvalue weighted by atomic mass is 9.43. The van der Waals surface area contributed by atoms with Crippen molar-refractivity contribution in [1.82, 2.24) is 0 Å². The van der Waals surface area contributed by atoms with Crippen molar-refractivity contribution in [2.45, 2.75) is 78.0 Å². The number of hydrogen-bond acceptors (Lipinski definition) is 6. The molecule has 182 valence electrons. The van der Waals surface area contributed by atoms with Crippen molar-refractivity contribution in [3.63, 3.8) is 0 Å². The average molecular weight is 466 g/mol. The maximum absolute atomic E-state index is 15.3. The van der Waals surface area contributed by atoms with Gasteiger partial charge in [-0.25, -0.2) is 13.6 Å². The highest BCUT2D eigenvalue weighted by Crippen LogP contribution is 2.65. The van der Waals surface area contributed by atoms with E-state index < -0.39 is 41.5 Å². The van der Waals surface area contributed by atoms with Gasteiger partial charge in [0.1, 0.15) is 11.2 Å². The molecule has 1 heterocycles. The van der Waals surface area contributed by atoms with Gasteiger partial charge in [-0.05, 0) is 57.8 Å². The number of benzene rings is 1. The molecule has 4 fully saturated rings. The van der Waals surface area contributed by atoms with Gasteiger partial charge in [-0.1, -0.05) is 13.8 Å². The molecule has 0 spiro atoms. The zero-order valence-corrected chi connectivity index (χ0v) is 20.6. The molecule has 0 aromatic heterocycles. The number of ether oxygens (including phenoxy) is 3. The van der Waals surface area contributed by atoms with Crippen LogP contribution in [0.15, 0.2) is 0 Å². The van der Waals surface area contributed by atoms with Crippen LogP contribution in [0.25, 0.3) is 0 Å². The van der Waals surface area contributed by atoms with Crippen molar-refractivity contribution >= 4 is 13.1 Å². The lowest BCUT2D eigenvalue weighted by Crippen LogP contribution is -2.65. The molecule has 9 heteroatoms. The van der Waals surface area contributed by atoms with Crippen LogP contribution in [-0.4, -0.2) is 44.6 Å². The van der Waals surface area contributed by atoms with E-state index in [9.17, 15) is 4.79 Å². The Hall–Kier alpha value is -1.87. The van der Waals surface area contributed by atoms with E-state index in [1.165, 1.54) is 14.2 Å². The molecule has 6 nitrogen and oxygen atoms in total. The summed E-state index contributed by atoms with van der Waals surface area (Å²) in [6.07, 6.45) is 1.79. The van der Waals surface area contributed by atoms with Gasteiger partial charge in [-0.2, -0.15) is 0 Å². The van der Waals surface area contributed by atoms with E-state index in [0.717, 1.165) is 12.8 Å². The molecule has 0 radical (unpaired) electrons. The molecule has 1 aromatic carbocycles. The highest BCUT2D eigenvalue weighted by atomic mass is 19.2. The Morgan fingerprint density at radius 2 is 1.73 bits per heavy atom. The monoisotopic (exact) mass is 466 g/mol. The van der Waals surface area contributed by atoms with Gasteiger partial charge in [-0.15, -0.1) is 0 Å². The average Bonchev–Trinajstić information content (AvgIpc) is 3.05. The van der Waals surface area contributed by atoms with E-state index in [4.69, 9.17) is 23.5 Å². The molecule has 1 aromatic rings. The van der Waals surface area contributed by atoms with Crippen LogP contribution in [0.1, 0.15) is 70.3 Å². The minimum absolute atomic E-state index is 0.0749. The molecule has 0 N–H and O–H groups in total. The van der Waals surface area contributed by atoms with Crippen LogP contribution in [-0.2, 0) is 20.4 Å². The summed E-state index contributed by atoms with van der Waals surface area (Å²) in [6.45, 7) is 11.5. The zero-order valence-electron chi connectivity index (χ0n) is 20.6. The van der Waals surface area contributed by atoms with E-state index >= 15 is 8.78 Å². The van der Waals surface area contributed by atoms with E-state index in [1.807, 2.05) is 0 Å². The number of halogens is 2. The second-order valence-corrected chi connectivity index (χ2v) is 11.2. The zero-order chi connectivity index (χ0) is 24.5. The first-order valence-electron chi connectivity index (χ1n) is 11.4. The summed E-state index contributed by atoms with van der Waals surface area (Å²) in [5.74, 6) is -2.97. The SMILES string of the molecule is COc1c(CB2OC3C[C@H]4C[C@@H](C4(C)C)[C@]3(C)O2)c(F)c(F)c(C(=O)OC(C)(C)C)c1OC. The fraction of sp³-hybridized carbons (Fsp3) is 0.708. The second kappa shape index (κ2) is 7.84. The molecule has 1 saturated heterocycles. The number of rotatable bonds is 5. The quantitative estimate of drug-likeness (QED) is 0.461. The molecular weight excluding hydrogens is 433 g/mol. The Kier molecular flexibility index (Phi) is 5.76. The summed E-state index contributed by atoms with van der Waals surface area (Å²) in [5, 5.41) is 0. The Balaban J connectivity index is 1.67. The van der Waals surface area contributed by atoms with Gasteiger partial charge < -0.3 is 23.5 Å². The maximum atomic E-state index is 15.3. The highest BCUT2D eigenvalue weighted by Gasteiger charge is 2.67. The molecule has 4 aliphatic rings. The Morgan fingerprint density at radius 3 is 2.27 bits per heavy atom. The first-order valence-corrected chi connectivity index (χ1v) is 11.4. The molecule has 2 bridgehead atoms. The lowest BCUT2D eigenvalue weighted by molar-refractivity contribution is -0.199. The van der Waals surface area contributed by atoms with Crippen molar-refractivity contribution < 1.29 is 37.1 Å². The smallest absolute Gasteiger partial charge is 0.462 e. The van der Waals surface area contributed by atoms with Gasteiger partial charge in [0.25, 0.3) is 0 Å². The Bertz CT molecular complexity index is 975. The number of methoxy groups -OCH3 is 2. The van der Waals surface area contributed by atoms with Crippen molar-refractivity contribution in [3.8, 4) is 11.5 Å². The summed E-state index contributed by atoms with van der Waals surface area (Å²) in [7, 11) is 1.81. The summed E-state index contributed by atoms with van der Waals surface area (Å²) >= 11 is 0. The highest BCUT2D eigenvalue weighted by molar-refractivity contribution is 6.45. The van der Waals surface area contributed by atoms with Crippen LogP contribution in [0.3, 0.4) is 0 Å². The van der Waals surface area contributed by atoms with Crippen LogP contribution in [0, 0.1) is 28.9 Å². The third kappa shape index (κ3) is 3.71. The van der Waals surface area contributed by atoms with Crippen molar-refractivity contribution in [1.29, 1.82) is 0 Å². The predicted molar refractivity (Wildman–Crippen MR) is 118 cm³/mol. The Labute approximate surface area is 194 Å². The van der Waals surface area contributed by atoms with Gasteiger partial charge in [0, 0.05) is 11.9 Å². The summed E-state index contributed by atoms with van der Waals surface area (Å²) in [4.78, 5) is 12.6. The van der Waals surface area contributed by atoms with Crippen molar-refractivity contribution in [2.24, 2.45) is 17.3 Å². The Morgan fingerprint density at radius 1 is 1.09 bits per heavy atom. The number of hydrogen-bond donors (Lipinski definition) is 0. The molecule has 5 rings (SSSR count). The number of carbonyl (C=O) groups is 1. The van der Waals surface area contributed by atoms with Gasteiger partial charge in [0.2, 0.25) is 0 Å². The van der Waals surface area contributed by atoms with E-state index in [0.29, 0.717) is 11.8 Å². The van der Waals surface area contributed by atoms with E-state index in [1.54, 1.807) is 20.8 Å². The molecule has 1 aliphatic heterocycles. The lowest BCUT2D eigenvalue weighted by Gasteiger charge is -2.64. The fourth-order valence-electron chi connectivity index (χ4n) is 6.00. The van der Waals surface area contributed by atoms with Crippen LogP contribution in [0.5, 0.6) is 11.5 Å². The fourth-order valence-corrected chi connectivity index (χ4v) is 6.00. The van der Waals surface area contributed by atoms with Gasteiger partial charge in [0.05, 0.1) is 25.9 Å². The standard InChI is InChI=1S/C24H33BF2O6/c1-22(2,3)31-21(28)16-18(27)17(26)13(19(29-7)20(16)30-8)11-25-32-15-10-12-9-14(23(12,4)5)24(15,6)33-25/h12,14-15H,9-11H2,1-8H3/t12-,14+,15?,24+/m1/s1. The third-order valence-corrected chi connectivity index (χ3v) is 7.77. The first kappa shape index (κ1) is 24.3. The van der Waals surface area contributed by atoms with Crippen LogP contribution in [0.2, 0.25) is 0 Å². The summed E-state index contributed by atoms with van der Waals surface area (Å²) in [6, 6.07) is 0. The molecule has 4 atom stereocenters. The van der Waals surface area contributed by atoms with Crippen molar-refractivity contribution in [2.75, 3.05) is 14.2 Å². The first-order chi connectivity index (χ1) is 15.2. The molecule has 0 amide bonds. The molecule has 33 heavy (non-hydrogen) atoms. The minimum Gasteiger partial charge on any atom is -0.492 e. The second-order valence-electron chi connectivity index (χ2n) is 11.2. The summed E-state index contributed by atoms with van der Waals surface area (Å²) in [5.41, 5.74) is -1.95. The largest absolute Gasteiger partial charge is 0.492 e.